The highest BCUT2D eigenvalue weighted by atomic mass is 32.1. The summed E-state index contributed by atoms with van der Waals surface area (Å²) in [5, 5.41) is 1.14. The minimum atomic E-state index is -0.208. The molecule has 90 valence electrons. The van der Waals surface area contributed by atoms with Crippen molar-refractivity contribution in [2.24, 2.45) is 5.73 Å². The maximum atomic E-state index is 6.40. The van der Waals surface area contributed by atoms with Crippen molar-refractivity contribution in [3.05, 3.63) is 15.6 Å². The van der Waals surface area contributed by atoms with Crippen molar-refractivity contribution in [1.82, 2.24) is 9.88 Å². The third-order valence-electron chi connectivity index (χ3n) is 3.61. The van der Waals surface area contributed by atoms with Crippen LogP contribution in [-0.2, 0) is 18.5 Å². The van der Waals surface area contributed by atoms with Gasteiger partial charge in [0.15, 0.2) is 0 Å². The predicted octanol–water partition coefficient (Wildman–Crippen LogP) is 2.11. The minimum Gasteiger partial charge on any atom is -0.319 e. The smallest absolute Gasteiger partial charge is 0.113 e. The molecule has 0 bridgehead atoms. The number of likely N-dealkylation sites (N-methyl/N-ethyl adjacent to an activating group) is 1. The van der Waals surface area contributed by atoms with Crippen LogP contribution < -0.4 is 5.73 Å². The van der Waals surface area contributed by atoms with Crippen molar-refractivity contribution in [2.75, 3.05) is 13.6 Å². The van der Waals surface area contributed by atoms with E-state index in [1.165, 1.54) is 10.6 Å². The summed E-state index contributed by atoms with van der Waals surface area (Å²) >= 11 is 1.82. The van der Waals surface area contributed by atoms with Gasteiger partial charge in [-0.25, -0.2) is 4.98 Å². The molecule has 0 aromatic carbocycles. The standard InChI is InChI=1S/C12H21N3S/c1-4-12(13,5-2)11-14-9-6-7-15(3)8-10(9)16-11/h4-8,13H2,1-3H3. The van der Waals surface area contributed by atoms with Gasteiger partial charge in [-0.1, -0.05) is 13.8 Å². The molecule has 0 aliphatic carbocycles. The van der Waals surface area contributed by atoms with E-state index in [0.29, 0.717) is 0 Å². The van der Waals surface area contributed by atoms with Gasteiger partial charge in [0.2, 0.25) is 0 Å². The Morgan fingerprint density at radius 1 is 1.44 bits per heavy atom. The van der Waals surface area contributed by atoms with Gasteiger partial charge in [0, 0.05) is 24.4 Å². The van der Waals surface area contributed by atoms with E-state index in [0.717, 1.165) is 37.4 Å². The topological polar surface area (TPSA) is 42.1 Å². The molecule has 3 nitrogen and oxygen atoms in total. The van der Waals surface area contributed by atoms with Crippen LogP contribution in [0.25, 0.3) is 0 Å². The quantitative estimate of drug-likeness (QED) is 0.878. The number of aromatic nitrogens is 1. The Morgan fingerprint density at radius 3 is 2.75 bits per heavy atom. The van der Waals surface area contributed by atoms with Gasteiger partial charge in [-0.05, 0) is 19.9 Å². The zero-order chi connectivity index (χ0) is 11.8. The third-order valence-corrected chi connectivity index (χ3v) is 4.91. The van der Waals surface area contributed by atoms with Crippen molar-refractivity contribution in [1.29, 1.82) is 0 Å². The van der Waals surface area contributed by atoms with Crippen LogP contribution in [0.2, 0.25) is 0 Å². The molecule has 0 amide bonds. The van der Waals surface area contributed by atoms with E-state index < -0.39 is 0 Å². The summed E-state index contributed by atoms with van der Waals surface area (Å²) in [5.41, 5.74) is 7.48. The van der Waals surface area contributed by atoms with Crippen LogP contribution in [-0.4, -0.2) is 23.5 Å². The first-order valence-electron chi connectivity index (χ1n) is 6.05. The maximum Gasteiger partial charge on any atom is 0.113 e. The summed E-state index contributed by atoms with van der Waals surface area (Å²) < 4.78 is 0. The number of hydrogen-bond donors (Lipinski definition) is 1. The molecule has 0 unspecified atom stereocenters. The van der Waals surface area contributed by atoms with E-state index in [2.05, 4.69) is 25.8 Å². The molecule has 2 rings (SSSR count). The van der Waals surface area contributed by atoms with Gasteiger partial charge in [0.25, 0.3) is 0 Å². The summed E-state index contributed by atoms with van der Waals surface area (Å²) in [6, 6.07) is 0. The lowest BCUT2D eigenvalue weighted by atomic mass is 9.95. The molecule has 1 aliphatic rings. The van der Waals surface area contributed by atoms with Crippen LogP contribution in [0.15, 0.2) is 0 Å². The van der Waals surface area contributed by atoms with Crippen LogP contribution >= 0.6 is 11.3 Å². The number of thiazole rings is 1. The molecule has 1 aromatic rings. The number of rotatable bonds is 3. The number of fused-ring (bicyclic) bond motifs is 1. The molecule has 0 saturated heterocycles. The van der Waals surface area contributed by atoms with Gasteiger partial charge < -0.3 is 10.6 Å². The maximum absolute atomic E-state index is 6.40. The summed E-state index contributed by atoms with van der Waals surface area (Å²) in [6.45, 7) is 6.45. The molecule has 2 heterocycles. The summed E-state index contributed by atoms with van der Waals surface area (Å²) in [4.78, 5) is 8.53. The van der Waals surface area contributed by atoms with Crippen LogP contribution in [0.5, 0.6) is 0 Å². The molecule has 2 N–H and O–H groups in total. The van der Waals surface area contributed by atoms with E-state index in [1.807, 2.05) is 11.3 Å². The van der Waals surface area contributed by atoms with Crippen LogP contribution in [0.3, 0.4) is 0 Å². The van der Waals surface area contributed by atoms with Gasteiger partial charge >= 0.3 is 0 Å². The second kappa shape index (κ2) is 4.43. The summed E-state index contributed by atoms with van der Waals surface area (Å²) in [7, 11) is 2.16. The zero-order valence-electron chi connectivity index (χ0n) is 10.4. The molecule has 16 heavy (non-hydrogen) atoms. The molecule has 0 radical (unpaired) electrons. The van der Waals surface area contributed by atoms with E-state index >= 15 is 0 Å². The highest BCUT2D eigenvalue weighted by molar-refractivity contribution is 7.11. The first-order chi connectivity index (χ1) is 7.59. The Bertz CT molecular complexity index is 368. The monoisotopic (exact) mass is 239 g/mol. The highest BCUT2D eigenvalue weighted by Crippen LogP contribution is 2.33. The van der Waals surface area contributed by atoms with E-state index in [-0.39, 0.29) is 5.54 Å². The fourth-order valence-electron chi connectivity index (χ4n) is 2.09. The summed E-state index contributed by atoms with van der Waals surface area (Å²) in [5.74, 6) is 0. The molecule has 0 spiro atoms. The Labute approximate surface area is 102 Å². The van der Waals surface area contributed by atoms with Gasteiger partial charge in [0.1, 0.15) is 5.01 Å². The molecule has 1 aromatic heterocycles. The highest BCUT2D eigenvalue weighted by Gasteiger charge is 2.29. The average molecular weight is 239 g/mol. The zero-order valence-corrected chi connectivity index (χ0v) is 11.2. The van der Waals surface area contributed by atoms with Crippen molar-refractivity contribution in [2.45, 2.75) is 45.2 Å². The van der Waals surface area contributed by atoms with Crippen molar-refractivity contribution in [3.63, 3.8) is 0 Å². The SMILES string of the molecule is CCC(N)(CC)c1nc2c(s1)CN(C)CC2. The van der Waals surface area contributed by atoms with Crippen molar-refractivity contribution in [3.8, 4) is 0 Å². The normalized spacial score (nSPS) is 17.5. The fraction of sp³-hybridized carbons (Fsp3) is 0.750. The van der Waals surface area contributed by atoms with Gasteiger partial charge in [-0.2, -0.15) is 0 Å². The molecule has 0 atom stereocenters. The van der Waals surface area contributed by atoms with Crippen molar-refractivity contribution < 1.29 is 0 Å². The van der Waals surface area contributed by atoms with E-state index in [4.69, 9.17) is 10.7 Å². The molecule has 0 fully saturated rings. The lowest BCUT2D eigenvalue weighted by Gasteiger charge is -2.23. The number of nitrogens with zero attached hydrogens (tertiary/aromatic N) is 2. The first kappa shape index (κ1) is 12.0. The lowest BCUT2D eigenvalue weighted by molar-refractivity contribution is 0.314. The first-order valence-corrected chi connectivity index (χ1v) is 6.87. The summed E-state index contributed by atoms with van der Waals surface area (Å²) in [6.07, 6.45) is 3.00. The molecular formula is C12H21N3S. The van der Waals surface area contributed by atoms with Gasteiger partial charge in [0.05, 0.1) is 11.2 Å². The second-order valence-corrected chi connectivity index (χ2v) is 5.82. The Kier molecular flexibility index (Phi) is 3.33. The Hall–Kier alpha value is -0.450. The van der Waals surface area contributed by atoms with Crippen LogP contribution in [0.4, 0.5) is 0 Å². The minimum absolute atomic E-state index is 0.208. The number of hydrogen-bond acceptors (Lipinski definition) is 4. The van der Waals surface area contributed by atoms with E-state index in [1.54, 1.807) is 0 Å². The Morgan fingerprint density at radius 2 is 2.12 bits per heavy atom. The second-order valence-electron chi connectivity index (χ2n) is 4.74. The average Bonchev–Trinajstić information content (AvgIpc) is 2.71. The lowest BCUT2D eigenvalue weighted by Crippen LogP contribution is -2.35. The van der Waals surface area contributed by atoms with E-state index in [9.17, 15) is 0 Å². The number of nitrogens with two attached hydrogens (primary N) is 1. The molecule has 0 saturated carbocycles. The van der Waals surface area contributed by atoms with Gasteiger partial charge in [-0.15, -0.1) is 11.3 Å². The molecule has 4 heteroatoms. The third kappa shape index (κ3) is 2.01. The van der Waals surface area contributed by atoms with Gasteiger partial charge in [-0.3, -0.25) is 0 Å². The molecular weight excluding hydrogens is 218 g/mol. The largest absolute Gasteiger partial charge is 0.319 e. The fourth-order valence-corrected chi connectivity index (χ4v) is 3.52. The predicted molar refractivity (Wildman–Crippen MR) is 68.6 cm³/mol. The van der Waals surface area contributed by atoms with Crippen LogP contribution in [0, 0.1) is 0 Å². The Balaban J connectivity index is 2.31. The van der Waals surface area contributed by atoms with Crippen molar-refractivity contribution >= 4 is 11.3 Å². The molecule has 1 aliphatic heterocycles. The van der Waals surface area contributed by atoms with Crippen LogP contribution in [0.1, 0.15) is 42.3 Å².